The third-order valence-corrected chi connectivity index (χ3v) is 3.23. The van der Waals surface area contributed by atoms with Crippen molar-refractivity contribution in [1.29, 1.82) is 0 Å². The van der Waals surface area contributed by atoms with E-state index in [1.165, 1.54) is 11.8 Å². The number of amides is 2. The molecule has 0 aliphatic carbocycles. The highest BCUT2D eigenvalue weighted by Gasteiger charge is 2.15. The SMILES string of the molecule is O=CNC(CCSCC(=O)NCCCC(=O)O)C(=O)O. The molecule has 0 fully saturated rings. The Morgan fingerprint density at radius 2 is 1.95 bits per heavy atom. The van der Waals surface area contributed by atoms with E-state index in [-0.39, 0.29) is 24.5 Å². The molecule has 0 rings (SSSR count). The fraction of sp³-hybridized carbons (Fsp3) is 0.636. The Morgan fingerprint density at radius 3 is 2.50 bits per heavy atom. The summed E-state index contributed by atoms with van der Waals surface area (Å²) in [6.45, 7) is 0.302. The van der Waals surface area contributed by atoms with E-state index in [0.29, 0.717) is 25.1 Å². The highest BCUT2D eigenvalue weighted by Crippen LogP contribution is 2.05. The molecule has 1 atom stereocenters. The van der Waals surface area contributed by atoms with Crippen LogP contribution in [-0.2, 0) is 19.2 Å². The summed E-state index contributed by atoms with van der Waals surface area (Å²) in [5.41, 5.74) is 0. The van der Waals surface area contributed by atoms with Crippen molar-refractivity contribution in [2.75, 3.05) is 18.1 Å². The summed E-state index contributed by atoms with van der Waals surface area (Å²) in [5.74, 6) is -1.66. The van der Waals surface area contributed by atoms with Crippen LogP contribution >= 0.6 is 11.8 Å². The lowest BCUT2D eigenvalue weighted by molar-refractivity contribution is -0.140. The minimum Gasteiger partial charge on any atom is -0.481 e. The van der Waals surface area contributed by atoms with E-state index in [1.54, 1.807) is 0 Å². The number of hydrogen-bond donors (Lipinski definition) is 4. The van der Waals surface area contributed by atoms with Gasteiger partial charge in [-0.1, -0.05) is 0 Å². The molecule has 0 radical (unpaired) electrons. The van der Waals surface area contributed by atoms with Crippen molar-refractivity contribution in [3.05, 3.63) is 0 Å². The average molecular weight is 306 g/mol. The normalized spacial score (nSPS) is 11.4. The molecule has 0 saturated carbocycles. The number of aliphatic carboxylic acids is 2. The van der Waals surface area contributed by atoms with Crippen LogP contribution < -0.4 is 10.6 Å². The predicted octanol–water partition coefficient (Wildman–Crippen LogP) is -0.710. The van der Waals surface area contributed by atoms with Crippen LogP contribution in [0.2, 0.25) is 0 Å². The van der Waals surface area contributed by atoms with Crippen LogP contribution in [-0.4, -0.2) is 58.6 Å². The van der Waals surface area contributed by atoms with E-state index in [2.05, 4.69) is 10.6 Å². The van der Waals surface area contributed by atoms with E-state index in [4.69, 9.17) is 10.2 Å². The van der Waals surface area contributed by atoms with Gasteiger partial charge in [-0.05, 0) is 18.6 Å². The van der Waals surface area contributed by atoms with Gasteiger partial charge in [-0.2, -0.15) is 11.8 Å². The van der Waals surface area contributed by atoms with Crippen molar-refractivity contribution in [3.63, 3.8) is 0 Å². The molecule has 0 saturated heterocycles. The van der Waals surface area contributed by atoms with Crippen LogP contribution in [0.4, 0.5) is 0 Å². The molecule has 114 valence electrons. The van der Waals surface area contributed by atoms with E-state index >= 15 is 0 Å². The molecule has 8 nitrogen and oxygen atoms in total. The van der Waals surface area contributed by atoms with Gasteiger partial charge < -0.3 is 20.8 Å². The summed E-state index contributed by atoms with van der Waals surface area (Å²) >= 11 is 1.25. The summed E-state index contributed by atoms with van der Waals surface area (Å²) in [4.78, 5) is 42.4. The molecule has 0 heterocycles. The van der Waals surface area contributed by atoms with Crippen molar-refractivity contribution in [1.82, 2.24) is 10.6 Å². The van der Waals surface area contributed by atoms with Crippen LogP contribution in [0.1, 0.15) is 19.3 Å². The second-order valence-corrected chi connectivity index (χ2v) is 4.97. The van der Waals surface area contributed by atoms with Gasteiger partial charge in [-0.15, -0.1) is 0 Å². The lowest BCUT2D eigenvalue weighted by atomic mass is 10.2. The van der Waals surface area contributed by atoms with Crippen molar-refractivity contribution in [3.8, 4) is 0 Å². The number of hydrogen-bond acceptors (Lipinski definition) is 5. The zero-order valence-electron chi connectivity index (χ0n) is 10.8. The summed E-state index contributed by atoms with van der Waals surface area (Å²) < 4.78 is 0. The largest absolute Gasteiger partial charge is 0.481 e. The highest BCUT2D eigenvalue weighted by atomic mass is 32.2. The number of carbonyl (C=O) groups is 4. The van der Waals surface area contributed by atoms with Gasteiger partial charge in [0.2, 0.25) is 12.3 Å². The number of nitrogens with one attached hydrogen (secondary N) is 2. The van der Waals surface area contributed by atoms with Gasteiger partial charge in [-0.25, -0.2) is 4.79 Å². The van der Waals surface area contributed by atoms with Gasteiger partial charge in [0, 0.05) is 13.0 Å². The Labute approximate surface area is 120 Å². The van der Waals surface area contributed by atoms with Crippen LogP contribution in [0.5, 0.6) is 0 Å². The van der Waals surface area contributed by atoms with Crippen LogP contribution in [0.25, 0.3) is 0 Å². The van der Waals surface area contributed by atoms with Crippen LogP contribution in [0, 0.1) is 0 Å². The molecular formula is C11H18N2O6S. The van der Waals surface area contributed by atoms with Crippen molar-refractivity contribution >= 4 is 36.0 Å². The first-order chi connectivity index (χ1) is 9.47. The third-order valence-electron chi connectivity index (χ3n) is 2.24. The molecule has 0 bridgehead atoms. The molecule has 4 N–H and O–H groups in total. The smallest absolute Gasteiger partial charge is 0.326 e. The first kappa shape index (κ1) is 18.2. The molecule has 2 amide bonds. The molecule has 0 aromatic heterocycles. The first-order valence-electron chi connectivity index (χ1n) is 5.96. The summed E-state index contributed by atoms with van der Waals surface area (Å²) in [6.07, 6.45) is 0.935. The van der Waals surface area contributed by atoms with Crippen LogP contribution in [0.3, 0.4) is 0 Å². The molecule has 0 aromatic rings. The fourth-order valence-corrected chi connectivity index (χ4v) is 2.08. The number of thioether (sulfide) groups is 1. The van der Waals surface area contributed by atoms with Crippen molar-refractivity contribution in [2.24, 2.45) is 0 Å². The zero-order valence-corrected chi connectivity index (χ0v) is 11.6. The number of carboxylic acids is 2. The topological polar surface area (TPSA) is 133 Å². The minimum atomic E-state index is -1.11. The second-order valence-electron chi connectivity index (χ2n) is 3.86. The maximum Gasteiger partial charge on any atom is 0.326 e. The lowest BCUT2D eigenvalue weighted by Gasteiger charge is -2.10. The summed E-state index contributed by atoms with van der Waals surface area (Å²) in [5, 5.41) is 21.9. The van der Waals surface area contributed by atoms with Gasteiger partial charge in [0.25, 0.3) is 0 Å². The van der Waals surface area contributed by atoms with E-state index in [0.717, 1.165) is 0 Å². The van der Waals surface area contributed by atoms with Gasteiger partial charge >= 0.3 is 11.9 Å². The Morgan fingerprint density at radius 1 is 1.25 bits per heavy atom. The van der Waals surface area contributed by atoms with Gasteiger partial charge in [0.15, 0.2) is 0 Å². The highest BCUT2D eigenvalue weighted by molar-refractivity contribution is 7.99. The van der Waals surface area contributed by atoms with Gasteiger partial charge in [-0.3, -0.25) is 14.4 Å². The quantitative estimate of drug-likeness (QED) is 0.276. The number of carbonyl (C=O) groups excluding carboxylic acids is 2. The molecule has 20 heavy (non-hydrogen) atoms. The van der Waals surface area contributed by atoms with E-state index in [1.807, 2.05) is 0 Å². The predicted molar refractivity (Wildman–Crippen MR) is 72.4 cm³/mol. The molecule has 9 heteroatoms. The lowest BCUT2D eigenvalue weighted by Crippen LogP contribution is -2.36. The molecule has 0 spiro atoms. The summed E-state index contributed by atoms with van der Waals surface area (Å²) in [7, 11) is 0. The fourth-order valence-electron chi connectivity index (χ4n) is 1.24. The summed E-state index contributed by atoms with van der Waals surface area (Å²) in [6, 6.07) is -0.946. The average Bonchev–Trinajstić information content (AvgIpc) is 2.37. The van der Waals surface area contributed by atoms with Crippen molar-refractivity contribution in [2.45, 2.75) is 25.3 Å². The number of carboxylic acid groups (broad SMARTS) is 2. The first-order valence-corrected chi connectivity index (χ1v) is 7.11. The molecule has 1 unspecified atom stereocenters. The maximum absolute atomic E-state index is 11.3. The Balaban J connectivity index is 3.62. The monoisotopic (exact) mass is 306 g/mol. The van der Waals surface area contributed by atoms with E-state index < -0.39 is 18.0 Å². The van der Waals surface area contributed by atoms with E-state index in [9.17, 15) is 19.2 Å². The molecule has 0 aromatic carbocycles. The second kappa shape index (κ2) is 11.1. The maximum atomic E-state index is 11.3. The Kier molecular flexibility index (Phi) is 10.1. The van der Waals surface area contributed by atoms with Gasteiger partial charge in [0.1, 0.15) is 6.04 Å². The molecular weight excluding hydrogens is 288 g/mol. The Bertz CT molecular complexity index is 350. The molecule has 0 aliphatic heterocycles. The third kappa shape index (κ3) is 10.2. The van der Waals surface area contributed by atoms with Crippen LogP contribution in [0.15, 0.2) is 0 Å². The van der Waals surface area contributed by atoms with Gasteiger partial charge in [0.05, 0.1) is 5.75 Å². The zero-order chi connectivity index (χ0) is 15.4. The standard InChI is InChI=1S/C11H18N2O6S/c14-7-13-8(11(18)19)3-5-20-6-9(15)12-4-1-2-10(16)17/h7-8H,1-6H2,(H,12,15)(H,13,14)(H,16,17)(H,18,19). The van der Waals surface area contributed by atoms with Crippen molar-refractivity contribution < 1.29 is 29.4 Å². The minimum absolute atomic E-state index is 0.00504. The number of rotatable bonds is 12. The molecule has 0 aliphatic rings. The Hall–Kier alpha value is -1.77.